The number of carbonyl (C=O) groups excluding carboxylic acids is 1. The summed E-state index contributed by atoms with van der Waals surface area (Å²) in [5, 5.41) is 9.30. The molecule has 2 aliphatic heterocycles. The Bertz CT molecular complexity index is 354. The van der Waals surface area contributed by atoms with Crippen LogP contribution in [0.15, 0.2) is 0 Å². The molecule has 0 bridgehead atoms. The number of carbonyl (C=O) groups is 1. The van der Waals surface area contributed by atoms with Gasteiger partial charge in [0, 0.05) is 25.7 Å². The summed E-state index contributed by atoms with van der Waals surface area (Å²) in [6.07, 6.45) is 4.18. The Kier molecular flexibility index (Phi) is 5.49. The monoisotopic (exact) mass is 298 g/mol. The summed E-state index contributed by atoms with van der Waals surface area (Å²) < 4.78 is 5.45. The molecule has 2 unspecified atom stereocenters. The van der Waals surface area contributed by atoms with E-state index in [1.807, 2.05) is 25.7 Å². The first-order valence-electron chi connectivity index (χ1n) is 8.22. The van der Waals surface area contributed by atoms with Crippen LogP contribution in [-0.4, -0.2) is 65.4 Å². The molecule has 5 nitrogen and oxygen atoms in total. The number of nitrogens with zero attached hydrogens (tertiary/aromatic N) is 2. The van der Waals surface area contributed by atoms with E-state index in [-0.39, 0.29) is 6.09 Å². The molecule has 122 valence electrons. The number of rotatable bonds is 2. The number of aliphatic hydroxyl groups is 1. The zero-order valence-electron chi connectivity index (χ0n) is 13.7. The number of hydrogen-bond donors (Lipinski definition) is 1. The van der Waals surface area contributed by atoms with Gasteiger partial charge in [-0.15, -0.1) is 0 Å². The molecule has 2 atom stereocenters. The van der Waals surface area contributed by atoms with Crippen molar-refractivity contribution in [3.63, 3.8) is 0 Å². The second kappa shape index (κ2) is 6.97. The van der Waals surface area contributed by atoms with E-state index < -0.39 is 5.60 Å². The Morgan fingerprint density at radius 3 is 2.62 bits per heavy atom. The van der Waals surface area contributed by atoms with Crippen molar-refractivity contribution < 1.29 is 14.6 Å². The van der Waals surface area contributed by atoms with Gasteiger partial charge in [-0.2, -0.15) is 0 Å². The molecule has 0 aromatic heterocycles. The van der Waals surface area contributed by atoms with Gasteiger partial charge in [0.2, 0.25) is 0 Å². The van der Waals surface area contributed by atoms with E-state index in [2.05, 4.69) is 4.90 Å². The molecule has 0 aliphatic carbocycles. The minimum atomic E-state index is -0.424. The average molecular weight is 298 g/mol. The van der Waals surface area contributed by atoms with Crippen molar-refractivity contribution in [2.24, 2.45) is 5.92 Å². The summed E-state index contributed by atoms with van der Waals surface area (Å²) in [5.74, 6) is 0.457. The van der Waals surface area contributed by atoms with Gasteiger partial charge in [0.05, 0.1) is 0 Å². The van der Waals surface area contributed by atoms with Gasteiger partial charge in [0.25, 0.3) is 0 Å². The van der Waals surface area contributed by atoms with Gasteiger partial charge in [-0.25, -0.2) is 4.79 Å². The van der Waals surface area contributed by atoms with E-state index in [4.69, 9.17) is 4.74 Å². The van der Waals surface area contributed by atoms with E-state index in [0.29, 0.717) is 18.6 Å². The SMILES string of the molecule is CC(C)(C)OC(=O)N1CCC(N2CCCC(CO)CC2)C1. The molecule has 5 heteroatoms. The van der Waals surface area contributed by atoms with E-state index in [0.717, 1.165) is 51.9 Å². The van der Waals surface area contributed by atoms with Crippen molar-refractivity contribution in [3.8, 4) is 0 Å². The predicted octanol–water partition coefficient (Wildman–Crippen LogP) is 2.09. The quantitative estimate of drug-likeness (QED) is 0.848. The lowest BCUT2D eigenvalue weighted by molar-refractivity contribution is 0.0280. The lowest BCUT2D eigenvalue weighted by Crippen LogP contribution is -2.41. The van der Waals surface area contributed by atoms with Crippen molar-refractivity contribution in [1.82, 2.24) is 9.80 Å². The van der Waals surface area contributed by atoms with E-state index >= 15 is 0 Å². The summed E-state index contributed by atoms with van der Waals surface area (Å²) in [5.41, 5.74) is -0.424. The zero-order valence-corrected chi connectivity index (χ0v) is 13.7. The second-order valence-electron chi connectivity index (χ2n) is 7.38. The highest BCUT2D eigenvalue weighted by Gasteiger charge is 2.33. The van der Waals surface area contributed by atoms with Crippen molar-refractivity contribution in [3.05, 3.63) is 0 Å². The van der Waals surface area contributed by atoms with Crippen LogP contribution in [0.2, 0.25) is 0 Å². The Balaban J connectivity index is 1.83. The van der Waals surface area contributed by atoms with Crippen LogP contribution in [0.4, 0.5) is 4.79 Å². The van der Waals surface area contributed by atoms with Crippen molar-refractivity contribution in [1.29, 1.82) is 0 Å². The molecular weight excluding hydrogens is 268 g/mol. The van der Waals surface area contributed by atoms with Gasteiger partial charge < -0.3 is 14.7 Å². The smallest absolute Gasteiger partial charge is 0.410 e. The predicted molar refractivity (Wildman–Crippen MR) is 82.2 cm³/mol. The first-order chi connectivity index (χ1) is 9.89. The van der Waals surface area contributed by atoms with Crippen molar-refractivity contribution in [2.45, 2.75) is 58.1 Å². The van der Waals surface area contributed by atoms with Gasteiger partial charge in [-0.05, 0) is 65.5 Å². The maximum absolute atomic E-state index is 12.1. The minimum Gasteiger partial charge on any atom is -0.444 e. The molecule has 21 heavy (non-hydrogen) atoms. The molecule has 0 saturated carbocycles. The molecule has 2 saturated heterocycles. The first kappa shape index (κ1) is 16.6. The fraction of sp³-hybridized carbons (Fsp3) is 0.938. The largest absolute Gasteiger partial charge is 0.444 e. The molecule has 2 fully saturated rings. The minimum absolute atomic E-state index is 0.187. The van der Waals surface area contributed by atoms with Crippen LogP contribution in [0.3, 0.4) is 0 Å². The van der Waals surface area contributed by atoms with Crippen LogP contribution < -0.4 is 0 Å². The molecule has 0 aromatic carbocycles. The molecular formula is C16H30N2O3. The van der Waals surface area contributed by atoms with Crippen LogP contribution in [0, 0.1) is 5.92 Å². The molecule has 2 heterocycles. The number of likely N-dealkylation sites (tertiary alicyclic amines) is 2. The highest BCUT2D eigenvalue weighted by Crippen LogP contribution is 2.23. The Hall–Kier alpha value is -0.810. The van der Waals surface area contributed by atoms with Crippen LogP contribution in [0.1, 0.15) is 46.5 Å². The van der Waals surface area contributed by atoms with Crippen molar-refractivity contribution >= 4 is 6.09 Å². The summed E-state index contributed by atoms with van der Waals surface area (Å²) >= 11 is 0. The number of aliphatic hydroxyl groups excluding tert-OH is 1. The topological polar surface area (TPSA) is 53.0 Å². The maximum Gasteiger partial charge on any atom is 0.410 e. The standard InChI is InChI=1S/C16H30N2O3/c1-16(2,3)21-15(20)18-10-7-14(11-18)17-8-4-5-13(12-19)6-9-17/h13-14,19H,4-12H2,1-3H3. The van der Waals surface area contributed by atoms with E-state index in [1.165, 1.54) is 0 Å². The van der Waals surface area contributed by atoms with Gasteiger partial charge >= 0.3 is 6.09 Å². The molecule has 0 aromatic rings. The lowest BCUT2D eigenvalue weighted by Gasteiger charge is -2.28. The highest BCUT2D eigenvalue weighted by molar-refractivity contribution is 5.68. The average Bonchev–Trinajstić information content (AvgIpc) is 2.76. The highest BCUT2D eigenvalue weighted by atomic mass is 16.6. The van der Waals surface area contributed by atoms with E-state index in [1.54, 1.807) is 0 Å². The normalized spacial score (nSPS) is 28.5. The third-order valence-electron chi connectivity index (χ3n) is 4.47. The van der Waals surface area contributed by atoms with Crippen LogP contribution >= 0.6 is 0 Å². The van der Waals surface area contributed by atoms with Gasteiger partial charge in [-0.3, -0.25) is 4.90 Å². The molecule has 0 radical (unpaired) electrons. The number of amides is 1. The van der Waals surface area contributed by atoms with Gasteiger partial charge in [0.15, 0.2) is 0 Å². The summed E-state index contributed by atoms with van der Waals surface area (Å²) in [6.45, 7) is 9.72. The summed E-state index contributed by atoms with van der Waals surface area (Å²) in [7, 11) is 0. The fourth-order valence-corrected chi connectivity index (χ4v) is 3.27. The van der Waals surface area contributed by atoms with E-state index in [9.17, 15) is 9.90 Å². The third-order valence-corrected chi connectivity index (χ3v) is 4.47. The first-order valence-corrected chi connectivity index (χ1v) is 8.22. The maximum atomic E-state index is 12.1. The summed E-state index contributed by atoms with van der Waals surface area (Å²) in [4.78, 5) is 16.4. The summed E-state index contributed by atoms with van der Waals surface area (Å²) in [6, 6.07) is 0.454. The number of hydrogen-bond acceptors (Lipinski definition) is 4. The molecule has 2 rings (SSSR count). The molecule has 1 N–H and O–H groups in total. The fourth-order valence-electron chi connectivity index (χ4n) is 3.27. The lowest BCUT2D eigenvalue weighted by atomic mass is 10.0. The van der Waals surface area contributed by atoms with Gasteiger partial charge in [-0.1, -0.05) is 0 Å². The van der Waals surface area contributed by atoms with Crippen LogP contribution in [-0.2, 0) is 4.74 Å². The third kappa shape index (κ3) is 4.85. The Labute approximate surface area is 128 Å². The molecule has 2 aliphatic rings. The molecule has 1 amide bonds. The van der Waals surface area contributed by atoms with Gasteiger partial charge in [0.1, 0.15) is 5.60 Å². The Morgan fingerprint density at radius 1 is 1.19 bits per heavy atom. The second-order valence-corrected chi connectivity index (χ2v) is 7.38. The number of ether oxygens (including phenoxy) is 1. The van der Waals surface area contributed by atoms with Crippen molar-refractivity contribution in [2.75, 3.05) is 32.8 Å². The van der Waals surface area contributed by atoms with Crippen LogP contribution in [0.5, 0.6) is 0 Å². The zero-order chi connectivity index (χ0) is 15.5. The van der Waals surface area contributed by atoms with Crippen LogP contribution in [0.25, 0.3) is 0 Å². The molecule has 0 spiro atoms. The Morgan fingerprint density at radius 2 is 1.95 bits per heavy atom.